The van der Waals surface area contributed by atoms with E-state index in [0.717, 1.165) is 52.5 Å². The highest BCUT2D eigenvalue weighted by molar-refractivity contribution is 7.13. The lowest BCUT2D eigenvalue weighted by molar-refractivity contribution is -0.116. The van der Waals surface area contributed by atoms with Crippen molar-refractivity contribution in [2.45, 2.75) is 52.4 Å². The summed E-state index contributed by atoms with van der Waals surface area (Å²) in [7, 11) is 0. The van der Waals surface area contributed by atoms with Gasteiger partial charge in [0.15, 0.2) is 5.13 Å². The van der Waals surface area contributed by atoms with E-state index in [0.29, 0.717) is 22.7 Å². The molecule has 0 unspecified atom stereocenters. The molecule has 1 aliphatic carbocycles. The van der Waals surface area contributed by atoms with E-state index in [2.05, 4.69) is 16.4 Å². The number of amides is 1. The molecular weight excluding hydrogens is 400 g/mol. The lowest BCUT2D eigenvalue weighted by Crippen LogP contribution is -2.16. The molecule has 0 saturated carbocycles. The largest absolute Gasteiger partial charge is 0.460 e. The lowest BCUT2D eigenvalue weighted by Gasteiger charge is -2.11. The molecule has 30 heavy (non-hydrogen) atoms. The number of aromatic nitrogens is 1. The molecular formula is C23H22N2O4S. The minimum atomic E-state index is -0.388. The Hall–Kier alpha value is -2.93. The molecule has 1 N–H and O–H groups in total. The normalized spacial score (nSPS) is 13.7. The molecule has 1 aromatic carbocycles. The Bertz CT molecular complexity index is 1330. The summed E-state index contributed by atoms with van der Waals surface area (Å²) < 4.78 is 11.9. The highest BCUT2D eigenvalue weighted by atomic mass is 32.1. The molecule has 3 aromatic heterocycles. The van der Waals surface area contributed by atoms with Gasteiger partial charge in [-0.25, -0.2) is 9.78 Å². The number of thiazole rings is 1. The number of aryl methyl sites for hydroxylation is 4. The van der Waals surface area contributed by atoms with Gasteiger partial charge in [-0.1, -0.05) is 0 Å². The smallest absolute Gasteiger partial charge is 0.339 e. The second-order valence-corrected chi connectivity index (χ2v) is 8.74. The van der Waals surface area contributed by atoms with Gasteiger partial charge in [0.1, 0.15) is 16.9 Å². The molecule has 0 atom stereocenters. The van der Waals surface area contributed by atoms with Crippen molar-refractivity contribution >= 4 is 44.3 Å². The van der Waals surface area contributed by atoms with Gasteiger partial charge in [-0.3, -0.25) is 4.79 Å². The molecule has 0 bridgehead atoms. The number of furan rings is 1. The fourth-order valence-corrected chi connectivity index (χ4v) is 4.96. The molecule has 3 heterocycles. The maximum absolute atomic E-state index is 12.7. The van der Waals surface area contributed by atoms with Crippen LogP contribution >= 0.6 is 11.3 Å². The number of rotatable bonds is 4. The summed E-state index contributed by atoms with van der Waals surface area (Å²) in [4.78, 5) is 29.0. The number of nitrogens with zero attached hydrogens (tertiary/aromatic N) is 1. The quantitative estimate of drug-likeness (QED) is 0.465. The molecule has 0 fully saturated rings. The molecule has 6 nitrogen and oxygen atoms in total. The molecule has 7 heteroatoms. The monoisotopic (exact) mass is 422 g/mol. The van der Waals surface area contributed by atoms with Crippen LogP contribution in [-0.4, -0.2) is 10.9 Å². The van der Waals surface area contributed by atoms with E-state index in [4.69, 9.17) is 8.83 Å². The maximum Gasteiger partial charge on any atom is 0.339 e. The molecule has 0 saturated heterocycles. The van der Waals surface area contributed by atoms with Crippen LogP contribution in [0, 0.1) is 13.8 Å². The van der Waals surface area contributed by atoms with E-state index in [-0.39, 0.29) is 18.0 Å². The van der Waals surface area contributed by atoms with Crippen molar-refractivity contribution in [1.82, 2.24) is 4.98 Å². The summed E-state index contributed by atoms with van der Waals surface area (Å²) in [5.41, 5.74) is 4.59. The first-order valence-corrected chi connectivity index (χ1v) is 11.1. The minimum absolute atomic E-state index is 0.167. The Labute approximate surface area is 176 Å². The first-order valence-electron chi connectivity index (χ1n) is 10.2. The number of anilines is 1. The van der Waals surface area contributed by atoms with E-state index in [1.807, 2.05) is 13.8 Å². The fraction of sp³-hybridized carbons (Fsp3) is 0.348. The number of carbonyl (C=O) groups excluding carboxylic acids is 1. The van der Waals surface area contributed by atoms with Gasteiger partial charge in [0.25, 0.3) is 0 Å². The maximum atomic E-state index is 12.7. The van der Waals surface area contributed by atoms with Gasteiger partial charge < -0.3 is 14.2 Å². The Morgan fingerprint density at radius 3 is 2.73 bits per heavy atom. The Morgan fingerprint density at radius 1 is 1.13 bits per heavy atom. The number of fused-ring (bicyclic) bond motifs is 4. The molecule has 0 spiro atoms. The van der Waals surface area contributed by atoms with Crippen LogP contribution in [0.5, 0.6) is 0 Å². The number of nitrogens with one attached hydrogen (secondary N) is 1. The molecule has 1 aliphatic rings. The second kappa shape index (κ2) is 7.40. The van der Waals surface area contributed by atoms with E-state index >= 15 is 0 Å². The summed E-state index contributed by atoms with van der Waals surface area (Å²) in [5, 5.41) is 7.16. The average molecular weight is 423 g/mol. The highest BCUT2D eigenvalue weighted by Crippen LogP contribution is 2.38. The Kier molecular flexibility index (Phi) is 4.70. The molecule has 154 valence electrons. The van der Waals surface area contributed by atoms with E-state index in [1.165, 1.54) is 23.3 Å². The average Bonchev–Trinajstić information content (AvgIpc) is 3.37. The fourth-order valence-electron chi connectivity index (χ4n) is 4.41. The summed E-state index contributed by atoms with van der Waals surface area (Å²) >= 11 is 1.36. The molecule has 5 rings (SSSR count). The standard InChI is InChI=1S/C23H22N2O4S/c1-12-14(7-8-19(26)25-23-24-9-10-30-23)22(27)29-20-13(2)21-17(11-16(12)20)15-5-3-4-6-18(15)28-21/h9-11H,3-8H2,1-2H3,(H,24,25,26). The van der Waals surface area contributed by atoms with Crippen molar-refractivity contribution in [1.29, 1.82) is 0 Å². The number of hydrogen-bond donors (Lipinski definition) is 1. The minimum Gasteiger partial charge on any atom is -0.460 e. The summed E-state index contributed by atoms with van der Waals surface area (Å²) in [6.45, 7) is 3.88. The van der Waals surface area contributed by atoms with Gasteiger partial charge >= 0.3 is 5.63 Å². The van der Waals surface area contributed by atoms with E-state index < -0.39 is 0 Å². The van der Waals surface area contributed by atoms with Crippen LogP contribution in [0.25, 0.3) is 21.9 Å². The van der Waals surface area contributed by atoms with Gasteiger partial charge in [-0.15, -0.1) is 11.3 Å². The van der Waals surface area contributed by atoms with E-state index in [9.17, 15) is 9.59 Å². The van der Waals surface area contributed by atoms with Gasteiger partial charge in [-0.05, 0) is 51.2 Å². The van der Waals surface area contributed by atoms with Crippen molar-refractivity contribution in [2.24, 2.45) is 0 Å². The third-order valence-corrected chi connectivity index (χ3v) is 6.69. The molecule has 0 radical (unpaired) electrons. The zero-order chi connectivity index (χ0) is 20.8. The Morgan fingerprint density at radius 2 is 1.93 bits per heavy atom. The predicted octanol–water partition coefficient (Wildman–Crippen LogP) is 5.06. The third kappa shape index (κ3) is 3.13. The summed E-state index contributed by atoms with van der Waals surface area (Å²) in [5.74, 6) is 0.896. The van der Waals surface area contributed by atoms with Crippen LogP contribution in [0.15, 0.2) is 31.3 Å². The first kappa shape index (κ1) is 19.1. The predicted molar refractivity (Wildman–Crippen MR) is 117 cm³/mol. The lowest BCUT2D eigenvalue weighted by atomic mass is 9.93. The van der Waals surface area contributed by atoms with Gasteiger partial charge in [-0.2, -0.15) is 0 Å². The first-order chi connectivity index (χ1) is 14.5. The topological polar surface area (TPSA) is 85.3 Å². The second-order valence-electron chi connectivity index (χ2n) is 7.84. The van der Waals surface area contributed by atoms with Crippen LogP contribution in [0.3, 0.4) is 0 Å². The zero-order valence-corrected chi connectivity index (χ0v) is 17.8. The molecule has 1 amide bonds. The van der Waals surface area contributed by atoms with Crippen molar-refractivity contribution < 1.29 is 13.6 Å². The third-order valence-electron chi connectivity index (χ3n) is 6.01. The SMILES string of the molecule is Cc1c(CCC(=O)Nc2nccs2)c(=O)oc2c(C)c3oc4c(c3cc12)CCCC4. The summed E-state index contributed by atoms with van der Waals surface area (Å²) in [6, 6.07) is 2.10. The van der Waals surface area contributed by atoms with Crippen LogP contribution < -0.4 is 10.9 Å². The molecule has 0 aliphatic heterocycles. The van der Waals surface area contributed by atoms with Crippen LogP contribution in [0.2, 0.25) is 0 Å². The Balaban J connectivity index is 1.54. The zero-order valence-electron chi connectivity index (χ0n) is 17.0. The van der Waals surface area contributed by atoms with Crippen LogP contribution in [0.1, 0.15) is 47.3 Å². The van der Waals surface area contributed by atoms with Crippen molar-refractivity contribution in [3.05, 3.63) is 56.1 Å². The van der Waals surface area contributed by atoms with Gasteiger partial charge in [0.2, 0.25) is 5.91 Å². The van der Waals surface area contributed by atoms with Crippen molar-refractivity contribution in [2.75, 3.05) is 5.32 Å². The highest BCUT2D eigenvalue weighted by Gasteiger charge is 2.23. The van der Waals surface area contributed by atoms with Gasteiger partial charge in [0, 0.05) is 51.9 Å². The van der Waals surface area contributed by atoms with E-state index in [1.54, 1.807) is 11.6 Å². The van der Waals surface area contributed by atoms with Crippen molar-refractivity contribution in [3.8, 4) is 0 Å². The number of benzene rings is 1. The molecule has 4 aromatic rings. The number of hydrogen-bond acceptors (Lipinski definition) is 6. The van der Waals surface area contributed by atoms with Crippen molar-refractivity contribution in [3.63, 3.8) is 0 Å². The summed E-state index contributed by atoms with van der Waals surface area (Å²) in [6.07, 6.45) is 6.45. The van der Waals surface area contributed by atoms with Crippen LogP contribution in [0.4, 0.5) is 5.13 Å². The van der Waals surface area contributed by atoms with Crippen LogP contribution in [-0.2, 0) is 24.1 Å². The van der Waals surface area contributed by atoms with Gasteiger partial charge in [0.05, 0.1) is 0 Å². The number of carbonyl (C=O) groups is 1.